The number of rotatable bonds is 6. The van der Waals surface area contributed by atoms with Crippen molar-refractivity contribution < 1.29 is 4.74 Å². The molecular weight excluding hydrogens is 288 g/mol. The first kappa shape index (κ1) is 17.6. The monoisotopic (exact) mass is 318 g/mol. The number of nitrogens with one attached hydrogen (secondary N) is 2. The molecule has 2 N–H and O–H groups in total. The summed E-state index contributed by atoms with van der Waals surface area (Å²) in [5.74, 6) is 1.75. The molecule has 1 aromatic carbocycles. The molecule has 128 valence electrons. The summed E-state index contributed by atoms with van der Waals surface area (Å²) in [6.07, 6.45) is 2.57. The zero-order chi connectivity index (χ0) is 16.7. The summed E-state index contributed by atoms with van der Waals surface area (Å²) in [5, 5.41) is 6.84. The lowest BCUT2D eigenvalue weighted by Crippen LogP contribution is -2.44. The van der Waals surface area contributed by atoms with Crippen LogP contribution in [0.25, 0.3) is 0 Å². The Kier molecular flexibility index (Phi) is 6.71. The van der Waals surface area contributed by atoms with E-state index in [2.05, 4.69) is 46.5 Å². The third-order valence-electron chi connectivity index (χ3n) is 4.44. The van der Waals surface area contributed by atoms with Crippen LogP contribution in [0.3, 0.4) is 0 Å². The van der Waals surface area contributed by atoms with Crippen molar-refractivity contribution in [3.63, 3.8) is 0 Å². The van der Waals surface area contributed by atoms with Crippen molar-refractivity contribution in [3.8, 4) is 5.75 Å². The Morgan fingerprint density at radius 2 is 2.17 bits per heavy atom. The van der Waals surface area contributed by atoms with E-state index in [-0.39, 0.29) is 0 Å². The number of likely N-dealkylation sites (N-methyl/N-ethyl adjacent to an activating group) is 1. The van der Waals surface area contributed by atoms with Crippen LogP contribution in [0.15, 0.2) is 23.2 Å². The molecule has 1 heterocycles. The van der Waals surface area contributed by atoms with Crippen LogP contribution < -0.4 is 15.4 Å². The Hall–Kier alpha value is -1.75. The molecule has 5 heteroatoms. The number of hydrogen-bond donors (Lipinski definition) is 2. The highest BCUT2D eigenvalue weighted by Gasteiger charge is 2.22. The van der Waals surface area contributed by atoms with Crippen LogP contribution in [0, 0.1) is 6.92 Å². The molecule has 0 radical (unpaired) electrons. The maximum absolute atomic E-state index is 5.33. The van der Waals surface area contributed by atoms with E-state index in [1.807, 2.05) is 13.1 Å². The van der Waals surface area contributed by atoms with E-state index in [0.717, 1.165) is 31.3 Å². The highest BCUT2D eigenvalue weighted by molar-refractivity contribution is 5.79. The van der Waals surface area contributed by atoms with Gasteiger partial charge in [0.25, 0.3) is 0 Å². The summed E-state index contributed by atoms with van der Waals surface area (Å²) in [6.45, 7) is 8.35. The van der Waals surface area contributed by atoms with Gasteiger partial charge in [-0.15, -0.1) is 0 Å². The van der Waals surface area contributed by atoms with Crippen molar-refractivity contribution in [3.05, 3.63) is 29.3 Å². The molecule has 0 saturated carbocycles. The van der Waals surface area contributed by atoms with Gasteiger partial charge in [-0.1, -0.05) is 13.0 Å². The van der Waals surface area contributed by atoms with Crippen LogP contribution in [0.1, 0.15) is 30.9 Å². The summed E-state index contributed by atoms with van der Waals surface area (Å²) in [6, 6.07) is 6.88. The first-order valence-electron chi connectivity index (χ1n) is 8.49. The van der Waals surface area contributed by atoms with Gasteiger partial charge in [-0.25, -0.2) is 0 Å². The predicted molar refractivity (Wildman–Crippen MR) is 96.2 cm³/mol. The zero-order valence-electron chi connectivity index (χ0n) is 14.9. The molecule has 2 rings (SSSR count). The normalized spacial score (nSPS) is 19.0. The topological polar surface area (TPSA) is 48.9 Å². The lowest BCUT2D eigenvalue weighted by molar-refractivity contribution is 0.267. The summed E-state index contributed by atoms with van der Waals surface area (Å²) >= 11 is 0. The number of nitrogens with zero attached hydrogens (tertiary/aromatic N) is 2. The van der Waals surface area contributed by atoms with E-state index < -0.39 is 0 Å². The van der Waals surface area contributed by atoms with Crippen molar-refractivity contribution in [1.29, 1.82) is 0 Å². The second-order valence-electron chi connectivity index (χ2n) is 6.09. The average Bonchev–Trinajstić information content (AvgIpc) is 3.02. The third kappa shape index (κ3) is 5.13. The minimum Gasteiger partial charge on any atom is -0.497 e. The maximum atomic E-state index is 5.33. The highest BCUT2D eigenvalue weighted by Crippen LogP contribution is 2.17. The van der Waals surface area contributed by atoms with Crippen molar-refractivity contribution in [2.24, 2.45) is 4.99 Å². The van der Waals surface area contributed by atoms with Gasteiger partial charge in [0.15, 0.2) is 5.96 Å². The quantitative estimate of drug-likeness (QED) is 0.623. The first-order valence-corrected chi connectivity index (χ1v) is 8.49. The van der Waals surface area contributed by atoms with Gasteiger partial charge in [0, 0.05) is 26.2 Å². The van der Waals surface area contributed by atoms with Gasteiger partial charge in [0.1, 0.15) is 5.75 Å². The number of likely N-dealkylation sites (tertiary alicyclic amines) is 1. The van der Waals surface area contributed by atoms with E-state index >= 15 is 0 Å². The van der Waals surface area contributed by atoms with Crippen LogP contribution >= 0.6 is 0 Å². The molecule has 1 aliphatic rings. The van der Waals surface area contributed by atoms with Gasteiger partial charge in [-0.2, -0.15) is 0 Å². The van der Waals surface area contributed by atoms with E-state index in [4.69, 9.17) is 4.74 Å². The van der Waals surface area contributed by atoms with Crippen LogP contribution in [0.4, 0.5) is 0 Å². The zero-order valence-corrected chi connectivity index (χ0v) is 14.9. The number of aryl methyl sites for hydroxylation is 1. The smallest absolute Gasteiger partial charge is 0.191 e. The van der Waals surface area contributed by atoms with E-state index in [1.54, 1.807) is 7.11 Å². The highest BCUT2D eigenvalue weighted by atomic mass is 16.5. The maximum Gasteiger partial charge on any atom is 0.191 e. The minimum absolute atomic E-state index is 0.623. The van der Waals surface area contributed by atoms with Crippen molar-refractivity contribution in [1.82, 2.24) is 15.5 Å². The predicted octanol–water partition coefficient (Wildman–Crippen LogP) is 2.15. The molecule has 1 aromatic rings. The van der Waals surface area contributed by atoms with Gasteiger partial charge < -0.3 is 15.4 Å². The fraction of sp³-hybridized carbons (Fsp3) is 0.611. The van der Waals surface area contributed by atoms with Crippen LogP contribution in [-0.4, -0.2) is 50.7 Å². The van der Waals surface area contributed by atoms with Gasteiger partial charge in [-0.3, -0.25) is 9.89 Å². The average molecular weight is 318 g/mol. The SMILES string of the molecule is CCN1CCCC1CNC(=NC)NCc1cc(C)cc(OC)c1. The number of ether oxygens (including phenoxy) is 1. The summed E-state index contributed by atoms with van der Waals surface area (Å²) in [7, 11) is 3.52. The molecule has 5 nitrogen and oxygen atoms in total. The van der Waals surface area contributed by atoms with E-state index in [0.29, 0.717) is 6.04 Å². The van der Waals surface area contributed by atoms with Crippen molar-refractivity contribution >= 4 is 5.96 Å². The Labute approximate surface area is 140 Å². The van der Waals surface area contributed by atoms with Crippen LogP contribution in [0.2, 0.25) is 0 Å². The molecule has 0 aromatic heterocycles. The molecular formula is C18H30N4O. The Morgan fingerprint density at radius 3 is 2.87 bits per heavy atom. The first-order chi connectivity index (χ1) is 11.2. The number of hydrogen-bond acceptors (Lipinski definition) is 3. The number of aliphatic imine (C=N–C) groups is 1. The fourth-order valence-corrected chi connectivity index (χ4v) is 3.21. The Bertz CT molecular complexity index is 530. The lowest BCUT2D eigenvalue weighted by atomic mass is 10.1. The summed E-state index contributed by atoms with van der Waals surface area (Å²) in [4.78, 5) is 6.86. The molecule has 0 spiro atoms. The van der Waals surface area contributed by atoms with Crippen LogP contribution in [-0.2, 0) is 6.54 Å². The number of guanidine groups is 1. The van der Waals surface area contributed by atoms with Crippen LogP contribution in [0.5, 0.6) is 5.75 Å². The molecule has 1 unspecified atom stereocenters. The Balaban J connectivity index is 1.84. The van der Waals surface area contributed by atoms with Gasteiger partial charge in [0.2, 0.25) is 0 Å². The van der Waals surface area contributed by atoms with Crippen molar-refractivity contribution in [2.75, 3.05) is 33.8 Å². The molecule has 23 heavy (non-hydrogen) atoms. The number of methoxy groups -OCH3 is 1. The summed E-state index contributed by atoms with van der Waals surface area (Å²) in [5.41, 5.74) is 2.40. The van der Waals surface area contributed by atoms with E-state index in [9.17, 15) is 0 Å². The minimum atomic E-state index is 0.623. The van der Waals surface area contributed by atoms with Crippen molar-refractivity contribution in [2.45, 2.75) is 39.3 Å². The number of benzene rings is 1. The molecule has 1 aliphatic heterocycles. The molecule has 1 atom stereocenters. The lowest BCUT2D eigenvalue weighted by Gasteiger charge is -2.24. The second kappa shape index (κ2) is 8.77. The molecule has 1 fully saturated rings. The summed E-state index contributed by atoms with van der Waals surface area (Å²) < 4.78 is 5.33. The molecule has 1 saturated heterocycles. The van der Waals surface area contributed by atoms with Gasteiger partial charge in [-0.05, 0) is 56.1 Å². The third-order valence-corrected chi connectivity index (χ3v) is 4.44. The molecule has 0 aliphatic carbocycles. The van der Waals surface area contributed by atoms with Gasteiger partial charge in [0.05, 0.1) is 7.11 Å². The van der Waals surface area contributed by atoms with E-state index in [1.165, 1.54) is 30.5 Å². The standard InChI is InChI=1S/C18H30N4O/c1-5-22-8-6-7-16(22)13-21-18(19-3)20-12-15-9-14(2)10-17(11-15)23-4/h9-11,16H,5-8,12-13H2,1-4H3,(H2,19,20,21). The Morgan fingerprint density at radius 1 is 1.35 bits per heavy atom. The second-order valence-corrected chi connectivity index (χ2v) is 6.09. The fourth-order valence-electron chi connectivity index (χ4n) is 3.21. The molecule has 0 bridgehead atoms. The molecule has 0 amide bonds. The largest absolute Gasteiger partial charge is 0.497 e. The van der Waals surface area contributed by atoms with Gasteiger partial charge >= 0.3 is 0 Å².